The number of nitrogens with zero attached hydrogens (tertiary/aromatic N) is 2. The minimum Gasteiger partial charge on any atom is -0.254 e. The molecule has 2 rings (SSSR count). The molecule has 0 spiro atoms. The average Bonchev–Trinajstić information content (AvgIpc) is 2.61. The molecule has 0 saturated heterocycles. The van der Waals surface area contributed by atoms with Gasteiger partial charge in [0, 0.05) is 6.20 Å². The number of pyridine rings is 1. The van der Waals surface area contributed by atoms with Crippen molar-refractivity contribution < 1.29 is 4.39 Å². The zero-order valence-electron chi connectivity index (χ0n) is 7.40. The zero-order valence-corrected chi connectivity index (χ0v) is 9.03. The van der Waals surface area contributed by atoms with Gasteiger partial charge in [0.1, 0.15) is 5.69 Å². The van der Waals surface area contributed by atoms with Crippen molar-refractivity contribution in [1.82, 2.24) is 9.97 Å². The summed E-state index contributed by atoms with van der Waals surface area (Å²) >= 11 is 2.49. The van der Waals surface area contributed by atoms with Crippen LogP contribution in [0.5, 0.6) is 0 Å². The Bertz CT molecular complexity index is 428. The highest BCUT2D eigenvalue weighted by molar-refractivity contribution is 8.00. The number of halogens is 1. The maximum Gasteiger partial charge on any atom is 0.206 e. The van der Waals surface area contributed by atoms with Crippen molar-refractivity contribution in [2.24, 2.45) is 0 Å². The van der Waals surface area contributed by atoms with Crippen LogP contribution in [-0.2, 0) is 0 Å². The van der Waals surface area contributed by atoms with Crippen molar-refractivity contribution in [3.05, 3.63) is 29.5 Å². The highest BCUT2D eigenvalue weighted by Crippen LogP contribution is 2.29. The maximum absolute atomic E-state index is 13.4. The highest BCUT2D eigenvalue weighted by Gasteiger charge is 2.12. The molecule has 0 aromatic carbocycles. The van der Waals surface area contributed by atoms with E-state index in [1.807, 2.05) is 12.3 Å². The van der Waals surface area contributed by atoms with Gasteiger partial charge in [0.2, 0.25) is 5.13 Å². The van der Waals surface area contributed by atoms with Gasteiger partial charge >= 0.3 is 0 Å². The SMILES string of the molecule is CSc1nc(-c2ccccn2)c(F)s1. The minimum absolute atomic E-state index is 0.270. The van der Waals surface area contributed by atoms with E-state index in [1.54, 1.807) is 18.3 Å². The number of thiazole rings is 1. The number of hydrogen-bond acceptors (Lipinski definition) is 4. The van der Waals surface area contributed by atoms with Gasteiger partial charge < -0.3 is 0 Å². The summed E-state index contributed by atoms with van der Waals surface area (Å²) in [6.07, 6.45) is 3.51. The molecule has 2 nitrogen and oxygen atoms in total. The fourth-order valence-electron chi connectivity index (χ4n) is 1.03. The quantitative estimate of drug-likeness (QED) is 0.736. The lowest BCUT2D eigenvalue weighted by atomic mass is 10.3. The molecule has 2 heterocycles. The lowest BCUT2D eigenvalue weighted by Gasteiger charge is -1.93. The Morgan fingerprint density at radius 3 is 2.86 bits per heavy atom. The molecule has 0 saturated carbocycles. The largest absolute Gasteiger partial charge is 0.254 e. The lowest BCUT2D eigenvalue weighted by Crippen LogP contribution is -1.84. The molecule has 2 aromatic heterocycles. The van der Waals surface area contributed by atoms with Gasteiger partial charge in [0.25, 0.3) is 0 Å². The summed E-state index contributed by atoms with van der Waals surface area (Å²) in [5, 5.41) is -0.270. The van der Waals surface area contributed by atoms with Gasteiger partial charge in [0.15, 0.2) is 4.34 Å². The van der Waals surface area contributed by atoms with Crippen molar-refractivity contribution in [2.45, 2.75) is 4.34 Å². The Labute approximate surface area is 89.2 Å². The summed E-state index contributed by atoms with van der Waals surface area (Å²) in [5.74, 6) is 0. The van der Waals surface area contributed by atoms with E-state index in [4.69, 9.17) is 0 Å². The predicted octanol–water partition coefficient (Wildman–Crippen LogP) is 3.07. The molecule has 0 radical (unpaired) electrons. The first-order chi connectivity index (χ1) is 6.81. The molecule has 0 aliphatic heterocycles. The molecule has 5 heteroatoms. The minimum atomic E-state index is -0.270. The van der Waals surface area contributed by atoms with Crippen molar-refractivity contribution in [3.8, 4) is 11.4 Å². The van der Waals surface area contributed by atoms with Crippen molar-refractivity contribution in [1.29, 1.82) is 0 Å². The van der Waals surface area contributed by atoms with Crippen LogP contribution < -0.4 is 0 Å². The second-order valence-corrected chi connectivity index (χ2v) is 4.52. The van der Waals surface area contributed by atoms with Gasteiger partial charge in [-0.1, -0.05) is 29.2 Å². The maximum atomic E-state index is 13.4. The van der Waals surface area contributed by atoms with Crippen LogP contribution in [0.3, 0.4) is 0 Å². The van der Waals surface area contributed by atoms with E-state index in [1.165, 1.54) is 11.8 Å². The lowest BCUT2D eigenvalue weighted by molar-refractivity contribution is 0.656. The topological polar surface area (TPSA) is 25.8 Å². The van der Waals surface area contributed by atoms with E-state index in [9.17, 15) is 4.39 Å². The molecule has 72 valence electrons. The molecule has 0 aliphatic rings. The molecular weight excluding hydrogens is 219 g/mol. The third kappa shape index (κ3) is 1.78. The average molecular weight is 226 g/mol. The van der Waals surface area contributed by atoms with E-state index in [-0.39, 0.29) is 5.13 Å². The van der Waals surface area contributed by atoms with Crippen LogP contribution in [0.25, 0.3) is 11.4 Å². The molecule has 14 heavy (non-hydrogen) atoms. The zero-order chi connectivity index (χ0) is 9.97. The van der Waals surface area contributed by atoms with E-state index in [0.717, 1.165) is 15.7 Å². The molecule has 0 amide bonds. The van der Waals surface area contributed by atoms with Gasteiger partial charge in [-0.05, 0) is 18.4 Å². The van der Waals surface area contributed by atoms with Crippen molar-refractivity contribution in [3.63, 3.8) is 0 Å². The molecule has 2 aromatic rings. The number of hydrogen-bond donors (Lipinski definition) is 0. The van der Waals surface area contributed by atoms with E-state index < -0.39 is 0 Å². The summed E-state index contributed by atoms with van der Waals surface area (Å²) in [6, 6.07) is 5.37. The Morgan fingerprint density at radius 2 is 2.29 bits per heavy atom. The molecule has 0 fully saturated rings. The fraction of sp³-hybridized carbons (Fsp3) is 0.111. The third-order valence-corrected chi connectivity index (χ3v) is 3.48. The summed E-state index contributed by atoms with van der Waals surface area (Å²) in [4.78, 5) is 8.19. The predicted molar refractivity (Wildman–Crippen MR) is 57.1 cm³/mol. The Balaban J connectivity index is 2.46. The van der Waals surface area contributed by atoms with Crippen LogP contribution in [0.4, 0.5) is 4.39 Å². The van der Waals surface area contributed by atoms with Crippen molar-refractivity contribution in [2.75, 3.05) is 6.26 Å². The van der Waals surface area contributed by atoms with Gasteiger partial charge in [-0.15, -0.1) is 0 Å². The van der Waals surface area contributed by atoms with Crippen LogP contribution >= 0.6 is 23.1 Å². The van der Waals surface area contributed by atoms with Crippen LogP contribution in [0.1, 0.15) is 0 Å². The van der Waals surface area contributed by atoms with E-state index in [0.29, 0.717) is 11.4 Å². The standard InChI is InChI=1S/C9H7FN2S2/c1-13-9-12-7(8(10)14-9)6-4-2-3-5-11-6/h2-5H,1H3. The first-order valence-electron chi connectivity index (χ1n) is 3.93. The summed E-state index contributed by atoms with van der Waals surface area (Å²) < 4.78 is 14.1. The molecular formula is C9H7FN2S2. The summed E-state index contributed by atoms with van der Waals surface area (Å²) in [7, 11) is 0. The van der Waals surface area contributed by atoms with Crippen LogP contribution in [0, 0.1) is 5.13 Å². The van der Waals surface area contributed by atoms with Gasteiger partial charge in [-0.2, -0.15) is 4.39 Å². The Kier molecular flexibility index (Phi) is 2.79. The Hall–Kier alpha value is -0.940. The molecule has 0 unspecified atom stereocenters. The van der Waals surface area contributed by atoms with Crippen LogP contribution in [0.2, 0.25) is 0 Å². The molecule has 0 atom stereocenters. The van der Waals surface area contributed by atoms with Crippen LogP contribution in [-0.4, -0.2) is 16.2 Å². The fourth-order valence-corrected chi connectivity index (χ4v) is 2.30. The molecule has 0 N–H and O–H groups in total. The second kappa shape index (κ2) is 4.06. The van der Waals surface area contributed by atoms with E-state index in [2.05, 4.69) is 9.97 Å². The Morgan fingerprint density at radius 1 is 1.43 bits per heavy atom. The first kappa shape index (κ1) is 9.61. The van der Waals surface area contributed by atoms with Gasteiger partial charge in [0.05, 0.1) is 5.69 Å². The number of thioether (sulfide) groups is 1. The highest BCUT2D eigenvalue weighted by atomic mass is 32.2. The van der Waals surface area contributed by atoms with Crippen molar-refractivity contribution >= 4 is 23.1 Å². The smallest absolute Gasteiger partial charge is 0.206 e. The number of rotatable bonds is 2. The first-order valence-corrected chi connectivity index (χ1v) is 5.97. The molecule has 0 bridgehead atoms. The van der Waals surface area contributed by atoms with Gasteiger partial charge in [-0.25, -0.2) is 4.98 Å². The summed E-state index contributed by atoms with van der Waals surface area (Å²) in [6.45, 7) is 0. The second-order valence-electron chi connectivity index (χ2n) is 2.52. The van der Waals surface area contributed by atoms with Gasteiger partial charge in [-0.3, -0.25) is 4.98 Å². The monoisotopic (exact) mass is 226 g/mol. The molecule has 0 aliphatic carbocycles. The van der Waals surface area contributed by atoms with E-state index >= 15 is 0 Å². The third-order valence-electron chi connectivity index (χ3n) is 1.65. The number of aromatic nitrogens is 2. The normalized spacial score (nSPS) is 10.4. The summed E-state index contributed by atoms with van der Waals surface area (Å²) in [5.41, 5.74) is 0.932. The van der Waals surface area contributed by atoms with Crippen LogP contribution in [0.15, 0.2) is 28.7 Å².